The Kier molecular flexibility index (Phi) is 3.46. The van der Waals surface area contributed by atoms with Crippen molar-refractivity contribution in [2.45, 2.75) is 17.2 Å². The Balaban J connectivity index is 2.11. The van der Waals surface area contributed by atoms with Crippen LogP contribution in [-0.2, 0) is 0 Å². The Hall–Kier alpha value is -1.49. The number of methoxy groups -OCH3 is 1. The molecule has 0 aliphatic rings. The predicted octanol–water partition coefficient (Wildman–Crippen LogP) is 2.67. The summed E-state index contributed by atoms with van der Waals surface area (Å²) in [4.78, 5) is 0. The van der Waals surface area contributed by atoms with Crippen LogP contribution in [0.5, 0.6) is 5.75 Å². The summed E-state index contributed by atoms with van der Waals surface area (Å²) in [6.45, 7) is 2.13. The van der Waals surface area contributed by atoms with Crippen molar-refractivity contribution in [1.29, 1.82) is 0 Å². The first kappa shape index (κ1) is 11.0. The minimum atomic E-state index is 0.320. The lowest BCUT2D eigenvalue weighted by atomic mass is 10.1. The molecule has 1 heterocycles. The maximum atomic E-state index is 5.20. The maximum absolute atomic E-state index is 5.20. The zero-order valence-corrected chi connectivity index (χ0v) is 9.99. The molecule has 0 saturated heterocycles. The zero-order valence-electron chi connectivity index (χ0n) is 9.18. The molecule has 84 valence electrons. The summed E-state index contributed by atoms with van der Waals surface area (Å²) in [5.74, 6) is 0.880. The van der Waals surface area contributed by atoms with Crippen molar-refractivity contribution in [3.8, 4) is 5.75 Å². The van der Waals surface area contributed by atoms with Gasteiger partial charge in [0.25, 0.3) is 0 Å². The van der Waals surface area contributed by atoms with Crippen molar-refractivity contribution in [3.63, 3.8) is 0 Å². The summed E-state index contributed by atoms with van der Waals surface area (Å²) >= 11 is 1.66. The second-order valence-corrected chi connectivity index (χ2v) is 4.71. The minimum absolute atomic E-state index is 0.320. The van der Waals surface area contributed by atoms with E-state index in [2.05, 4.69) is 28.4 Å². The molecule has 1 N–H and O–H groups in total. The highest BCUT2D eigenvalue weighted by Crippen LogP contribution is 2.34. The van der Waals surface area contributed by atoms with Crippen LogP contribution in [0.1, 0.15) is 17.7 Å². The van der Waals surface area contributed by atoms with Crippen molar-refractivity contribution >= 4 is 11.8 Å². The van der Waals surface area contributed by atoms with Crippen molar-refractivity contribution < 1.29 is 4.74 Å². The molecule has 0 aliphatic carbocycles. The third kappa shape index (κ3) is 2.55. The Morgan fingerprint density at radius 1 is 1.44 bits per heavy atom. The molecule has 0 aliphatic heterocycles. The second-order valence-electron chi connectivity index (χ2n) is 3.34. The number of H-pyrrole nitrogens is 1. The van der Waals surface area contributed by atoms with E-state index in [1.165, 1.54) is 5.56 Å². The number of nitrogens with zero attached hydrogens (tertiary/aromatic N) is 2. The van der Waals surface area contributed by atoms with Gasteiger partial charge in [-0.25, -0.2) is 0 Å². The first-order valence-electron chi connectivity index (χ1n) is 4.96. The van der Waals surface area contributed by atoms with E-state index in [1.807, 2.05) is 18.2 Å². The van der Waals surface area contributed by atoms with Gasteiger partial charge in [0.1, 0.15) is 10.8 Å². The Morgan fingerprint density at radius 2 is 2.31 bits per heavy atom. The summed E-state index contributed by atoms with van der Waals surface area (Å²) in [5, 5.41) is 11.6. The molecule has 1 aromatic heterocycles. The van der Waals surface area contributed by atoms with Crippen LogP contribution >= 0.6 is 11.8 Å². The largest absolute Gasteiger partial charge is 0.497 e. The average molecular weight is 235 g/mol. The van der Waals surface area contributed by atoms with Crippen LogP contribution in [0.4, 0.5) is 0 Å². The van der Waals surface area contributed by atoms with Crippen LogP contribution in [0.2, 0.25) is 0 Å². The molecule has 4 nitrogen and oxygen atoms in total. The molecular formula is C11H13N3OS. The van der Waals surface area contributed by atoms with E-state index < -0.39 is 0 Å². The molecule has 0 spiro atoms. The van der Waals surface area contributed by atoms with Crippen LogP contribution in [0.3, 0.4) is 0 Å². The number of nitrogens with one attached hydrogen (secondary N) is 1. The van der Waals surface area contributed by atoms with Gasteiger partial charge >= 0.3 is 0 Å². The van der Waals surface area contributed by atoms with Gasteiger partial charge in [-0.05, 0) is 24.6 Å². The van der Waals surface area contributed by atoms with Crippen molar-refractivity contribution in [2.75, 3.05) is 7.11 Å². The van der Waals surface area contributed by atoms with Crippen LogP contribution in [0, 0.1) is 0 Å². The molecule has 16 heavy (non-hydrogen) atoms. The molecule has 0 saturated carbocycles. The molecule has 0 amide bonds. The quantitative estimate of drug-likeness (QED) is 0.828. The Bertz CT molecular complexity index is 444. The standard InChI is InChI=1S/C11H13N3OS/c1-8(16-11-7-12-14-13-11)9-4-3-5-10(6-9)15-2/h3-8H,1-2H3,(H,12,13,14). The molecule has 0 fully saturated rings. The third-order valence-corrected chi connectivity index (χ3v) is 3.32. The molecule has 0 radical (unpaired) electrons. The Morgan fingerprint density at radius 3 is 3.00 bits per heavy atom. The number of rotatable bonds is 4. The van der Waals surface area contributed by atoms with E-state index in [1.54, 1.807) is 25.1 Å². The predicted molar refractivity (Wildman–Crippen MR) is 63.6 cm³/mol. The fraction of sp³-hybridized carbons (Fsp3) is 0.273. The number of aromatic nitrogens is 3. The fourth-order valence-electron chi connectivity index (χ4n) is 1.39. The van der Waals surface area contributed by atoms with Crippen molar-refractivity contribution in [3.05, 3.63) is 36.0 Å². The molecule has 2 aromatic rings. The van der Waals surface area contributed by atoms with Gasteiger partial charge in [-0.3, -0.25) is 0 Å². The van der Waals surface area contributed by atoms with E-state index in [9.17, 15) is 0 Å². The summed E-state index contributed by atoms with van der Waals surface area (Å²) in [6.07, 6.45) is 1.72. The van der Waals surface area contributed by atoms with Gasteiger partial charge in [-0.2, -0.15) is 10.3 Å². The van der Waals surface area contributed by atoms with Gasteiger partial charge in [0.15, 0.2) is 0 Å². The summed E-state index contributed by atoms with van der Waals surface area (Å²) in [5.41, 5.74) is 1.22. The highest BCUT2D eigenvalue weighted by molar-refractivity contribution is 7.99. The molecule has 2 rings (SSSR count). The van der Waals surface area contributed by atoms with Crippen LogP contribution in [-0.4, -0.2) is 22.5 Å². The third-order valence-electron chi connectivity index (χ3n) is 2.25. The van der Waals surface area contributed by atoms with E-state index >= 15 is 0 Å². The summed E-state index contributed by atoms with van der Waals surface area (Å²) < 4.78 is 5.20. The number of aromatic amines is 1. The van der Waals surface area contributed by atoms with Gasteiger partial charge in [0, 0.05) is 5.25 Å². The fourth-order valence-corrected chi connectivity index (χ4v) is 2.24. The van der Waals surface area contributed by atoms with Crippen LogP contribution in [0.25, 0.3) is 0 Å². The van der Waals surface area contributed by atoms with Gasteiger partial charge in [-0.15, -0.1) is 5.10 Å². The highest BCUT2D eigenvalue weighted by Gasteiger charge is 2.09. The second kappa shape index (κ2) is 5.03. The topological polar surface area (TPSA) is 50.8 Å². The highest BCUT2D eigenvalue weighted by atomic mass is 32.2. The van der Waals surface area contributed by atoms with Gasteiger partial charge < -0.3 is 4.74 Å². The Labute approximate surface area is 98.4 Å². The molecular weight excluding hydrogens is 222 g/mol. The molecule has 1 aromatic carbocycles. The number of hydrogen-bond acceptors (Lipinski definition) is 4. The lowest BCUT2D eigenvalue weighted by Crippen LogP contribution is -1.90. The van der Waals surface area contributed by atoms with Gasteiger partial charge in [-0.1, -0.05) is 23.9 Å². The smallest absolute Gasteiger partial charge is 0.139 e. The summed E-state index contributed by atoms with van der Waals surface area (Å²) in [7, 11) is 1.68. The number of thioether (sulfide) groups is 1. The SMILES string of the molecule is COc1cccc(C(C)Sc2cn[nH]n2)c1. The lowest BCUT2D eigenvalue weighted by molar-refractivity contribution is 0.414. The van der Waals surface area contributed by atoms with E-state index in [0.29, 0.717) is 5.25 Å². The average Bonchev–Trinajstić information content (AvgIpc) is 2.82. The lowest BCUT2D eigenvalue weighted by Gasteiger charge is -2.10. The number of benzene rings is 1. The van der Waals surface area contributed by atoms with E-state index in [4.69, 9.17) is 4.74 Å². The zero-order chi connectivity index (χ0) is 11.4. The summed E-state index contributed by atoms with van der Waals surface area (Å²) in [6, 6.07) is 8.06. The molecule has 0 bridgehead atoms. The molecule has 1 atom stereocenters. The first-order valence-corrected chi connectivity index (χ1v) is 5.84. The monoisotopic (exact) mass is 235 g/mol. The van der Waals surface area contributed by atoms with E-state index in [0.717, 1.165) is 10.8 Å². The number of hydrogen-bond donors (Lipinski definition) is 1. The number of ether oxygens (including phenoxy) is 1. The van der Waals surface area contributed by atoms with Crippen molar-refractivity contribution in [2.24, 2.45) is 0 Å². The maximum Gasteiger partial charge on any atom is 0.139 e. The molecule has 5 heteroatoms. The van der Waals surface area contributed by atoms with E-state index in [-0.39, 0.29) is 0 Å². The first-order chi connectivity index (χ1) is 7.79. The van der Waals surface area contributed by atoms with Crippen LogP contribution in [0.15, 0.2) is 35.5 Å². The van der Waals surface area contributed by atoms with Crippen molar-refractivity contribution in [1.82, 2.24) is 15.4 Å². The molecule has 1 unspecified atom stereocenters. The van der Waals surface area contributed by atoms with Gasteiger partial charge in [0.2, 0.25) is 0 Å². The van der Waals surface area contributed by atoms with Gasteiger partial charge in [0.05, 0.1) is 13.3 Å². The normalized spacial score (nSPS) is 12.4. The minimum Gasteiger partial charge on any atom is -0.497 e. The van der Waals surface area contributed by atoms with Crippen LogP contribution < -0.4 is 4.74 Å².